The van der Waals surface area contributed by atoms with Crippen molar-refractivity contribution >= 4 is 11.7 Å². The number of rotatable bonds is 4. The van der Waals surface area contributed by atoms with Crippen molar-refractivity contribution in [3.8, 4) is 0 Å². The number of carbonyl (C=O) groups excluding carboxylic acids is 1. The first-order chi connectivity index (χ1) is 11.8. The summed E-state index contributed by atoms with van der Waals surface area (Å²) in [6.07, 6.45) is 5.07. The second-order valence-electron chi connectivity index (χ2n) is 7.77. The van der Waals surface area contributed by atoms with Crippen molar-refractivity contribution in [2.24, 2.45) is 0 Å². The van der Waals surface area contributed by atoms with Crippen LogP contribution in [0, 0.1) is 6.92 Å². The van der Waals surface area contributed by atoms with Crippen LogP contribution in [0.3, 0.4) is 0 Å². The largest absolute Gasteiger partial charge is 0.360 e. The van der Waals surface area contributed by atoms with E-state index in [0.29, 0.717) is 11.6 Å². The third-order valence-corrected chi connectivity index (χ3v) is 4.54. The Morgan fingerprint density at radius 3 is 2.84 bits per heavy atom. The first kappa shape index (κ1) is 17.7. The van der Waals surface area contributed by atoms with Crippen molar-refractivity contribution in [2.75, 3.05) is 5.32 Å². The van der Waals surface area contributed by atoms with E-state index in [0.717, 1.165) is 19.3 Å². The number of carbonyl (C=O) groups is 1. The predicted octanol–water partition coefficient (Wildman–Crippen LogP) is 2.93. The molecular formula is C18H27N5O2. The maximum atomic E-state index is 12.4. The third-order valence-electron chi connectivity index (χ3n) is 4.54. The number of aromatic nitrogens is 3. The van der Waals surface area contributed by atoms with Crippen molar-refractivity contribution < 1.29 is 9.32 Å². The Hall–Kier alpha value is -2.15. The molecule has 2 heterocycles. The van der Waals surface area contributed by atoms with Crippen LogP contribution in [0.5, 0.6) is 0 Å². The van der Waals surface area contributed by atoms with E-state index in [9.17, 15) is 4.79 Å². The zero-order valence-electron chi connectivity index (χ0n) is 15.6. The van der Waals surface area contributed by atoms with E-state index in [1.807, 2.05) is 13.1 Å². The van der Waals surface area contributed by atoms with E-state index in [4.69, 9.17) is 4.52 Å². The van der Waals surface area contributed by atoms with Crippen LogP contribution in [-0.2, 0) is 16.8 Å². The first-order valence-corrected chi connectivity index (χ1v) is 8.83. The van der Waals surface area contributed by atoms with Crippen LogP contribution >= 0.6 is 0 Å². The molecule has 7 heteroatoms. The molecule has 0 unspecified atom stereocenters. The Bertz CT molecular complexity index is 756. The standard InChI is InChI=1S/C18H27N5O2/c1-11-9-16(22-25-11)21-17(24)12(2)20-14-7-6-8-15-13(14)10-19-23(15)18(3,4)5/h9-10,12,14,20H,6-8H2,1-5H3,(H,21,22,24)/t12-,14-/m1/s1. The third kappa shape index (κ3) is 3.76. The fourth-order valence-corrected chi connectivity index (χ4v) is 3.35. The lowest BCUT2D eigenvalue weighted by Gasteiger charge is -2.29. The molecule has 1 aliphatic rings. The average molecular weight is 345 g/mol. The smallest absolute Gasteiger partial charge is 0.242 e. The quantitative estimate of drug-likeness (QED) is 0.890. The molecule has 0 bridgehead atoms. The number of fused-ring (bicyclic) bond motifs is 1. The maximum absolute atomic E-state index is 12.4. The van der Waals surface area contributed by atoms with Crippen LogP contribution in [0.15, 0.2) is 16.8 Å². The minimum absolute atomic E-state index is 0.0384. The average Bonchev–Trinajstić information content (AvgIpc) is 3.13. The van der Waals surface area contributed by atoms with Crippen LogP contribution in [0.1, 0.15) is 63.6 Å². The van der Waals surface area contributed by atoms with Gasteiger partial charge in [-0.05, 0) is 53.9 Å². The van der Waals surface area contributed by atoms with Crippen LogP contribution in [0.25, 0.3) is 0 Å². The fourth-order valence-electron chi connectivity index (χ4n) is 3.35. The molecule has 2 aromatic rings. The van der Waals surface area contributed by atoms with E-state index < -0.39 is 0 Å². The van der Waals surface area contributed by atoms with Gasteiger partial charge in [0.25, 0.3) is 0 Å². The van der Waals surface area contributed by atoms with Gasteiger partial charge in [-0.3, -0.25) is 14.8 Å². The zero-order chi connectivity index (χ0) is 18.2. The number of aryl methyl sites for hydroxylation is 1. The minimum Gasteiger partial charge on any atom is -0.360 e. The molecule has 0 saturated carbocycles. The molecule has 2 N–H and O–H groups in total. The number of nitrogens with zero attached hydrogens (tertiary/aromatic N) is 3. The van der Waals surface area contributed by atoms with Gasteiger partial charge in [0.15, 0.2) is 5.82 Å². The van der Waals surface area contributed by atoms with Crippen molar-refractivity contribution in [3.05, 3.63) is 29.3 Å². The monoisotopic (exact) mass is 345 g/mol. The predicted molar refractivity (Wildman–Crippen MR) is 95.4 cm³/mol. The normalized spacial score (nSPS) is 18.7. The van der Waals surface area contributed by atoms with Gasteiger partial charge < -0.3 is 9.84 Å². The summed E-state index contributed by atoms with van der Waals surface area (Å²) in [4.78, 5) is 12.4. The topological polar surface area (TPSA) is 85.0 Å². The summed E-state index contributed by atoms with van der Waals surface area (Å²) in [5.41, 5.74) is 2.44. The van der Waals surface area contributed by atoms with Crippen LogP contribution < -0.4 is 10.6 Å². The van der Waals surface area contributed by atoms with Gasteiger partial charge in [0.2, 0.25) is 5.91 Å². The molecule has 3 rings (SSSR count). The van der Waals surface area contributed by atoms with Crippen LogP contribution in [-0.4, -0.2) is 26.9 Å². The van der Waals surface area contributed by atoms with Gasteiger partial charge >= 0.3 is 0 Å². The molecule has 2 atom stereocenters. The van der Waals surface area contributed by atoms with Crippen LogP contribution in [0.4, 0.5) is 5.82 Å². The van der Waals surface area contributed by atoms with E-state index in [1.165, 1.54) is 11.3 Å². The van der Waals surface area contributed by atoms with Gasteiger partial charge in [0.1, 0.15) is 5.76 Å². The van der Waals surface area contributed by atoms with Gasteiger partial charge in [0.05, 0.1) is 17.8 Å². The van der Waals surface area contributed by atoms with Gasteiger partial charge in [-0.25, -0.2) is 0 Å². The SMILES string of the molecule is Cc1cc(NC(=O)[C@@H](C)N[C@@H]2CCCc3c2cnn3C(C)(C)C)no1. The lowest BCUT2D eigenvalue weighted by molar-refractivity contribution is -0.118. The number of hydrogen-bond donors (Lipinski definition) is 2. The van der Waals surface area contributed by atoms with E-state index in [2.05, 4.69) is 46.3 Å². The number of nitrogens with one attached hydrogen (secondary N) is 2. The Kier molecular flexibility index (Phi) is 4.69. The lowest BCUT2D eigenvalue weighted by Crippen LogP contribution is -2.41. The van der Waals surface area contributed by atoms with Crippen molar-refractivity contribution in [3.63, 3.8) is 0 Å². The van der Waals surface area contributed by atoms with Crippen molar-refractivity contribution in [1.82, 2.24) is 20.3 Å². The van der Waals surface area contributed by atoms with Gasteiger partial charge in [-0.15, -0.1) is 0 Å². The number of amides is 1. The summed E-state index contributed by atoms with van der Waals surface area (Å²) >= 11 is 0. The number of hydrogen-bond acceptors (Lipinski definition) is 5. The summed E-state index contributed by atoms with van der Waals surface area (Å²) in [6.45, 7) is 10.1. The van der Waals surface area contributed by atoms with Crippen molar-refractivity contribution in [1.29, 1.82) is 0 Å². The second kappa shape index (κ2) is 6.63. The molecular weight excluding hydrogens is 318 g/mol. The highest BCUT2D eigenvalue weighted by Crippen LogP contribution is 2.32. The molecule has 2 aromatic heterocycles. The molecule has 0 aliphatic heterocycles. The Morgan fingerprint density at radius 2 is 2.20 bits per heavy atom. The zero-order valence-corrected chi connectivity index (χ0v) is 15.6. The summed E-state index contributed by atoms with van der Waals surface area (Å²) < 4.78 is 7.09. The van der Waals surface area contributed by atoms with E-state index in [-0.39, 0.29) is 23.5 Å². The molecule has 0 aromatic carbocycles. The molecule has 0 fully saturated rings. The maximum Gasteiger partial charge on any atom is 0.242 e. The molecule has 136 valence electrons. The van der Waals surface area contributed by atoms with E-state index >= 15 is 0 Å². The van der Waals surface area contributed by atoms with Crippen LogP contribution in [0.2, 0.25) is 0 Å². The molecule has 1 amide bonds. The summed E-state index contributed by atoms with van der Waals surface area (Å²) in [6, 6.07) is 1.50. The lowest BCUT2D eigenvalue weighted by atomic mass is 9.91. The van der Waals surface area contributed by atoms with Gasteiger partial charge in [-0.2, -0.15) is 5.10 Å². The van der Waals surface area contributed by atoms with E-state index in [1.54, 1.807) is 13.0 Å². The fraction of sp³-hybridized carbons (Fsp3) is 0.611. The minimum atomic E-state index is -0.342. The Balaban J connectivity index is 1.70. The van der Waals surface area contributed by atoms with Gasteiger partial charge in [-0.1, -0.05) is 5.16 Å². The first-order valence-electron chi connectivity index (χ1n) is 8.83. The highest BCUT2D eigenvalue weighted by Gasteiger charge is 2.29. The molecule has 7 nitrogen and oxygen atoms in total. The molecule has 0 saturated heterocycles. The number of anilines is 1. The summed E-state index contributed by atoms with van der Waals surface area (Å²) in [7, 11) is 0. The molecule has 0 radical (unpaired) electrons. The highest BCUT2D eigenvalue weighted by molar-refractivity contribution is 5.93. The Morgan fingerprint density at radius 1 is 1.44 bits per heavy atom. The molecule has 0 spiro atoms. The highest BCUT2D eigenvalue weighted by atomic mass is 16.5. The Labute approximate surface area is 148 Å². The second-order valence-corrected chi connectivity index (χ2v) is 7.77. The molecule has 1 aliphatic carbocycles. The molecule has 25 heavy (non-hydrogen) atoms. The van der Waals surface area contributed by atoms with Gasteiger partial charge in [0, 0.05) is 23.4 Å². The summed E-state index contributed by atoms with van der Waals surface area (Å²) in [5.74, 6) is 0.993. The summed E-state index contributed by atoms with van der Waals surface area (Å²) in [5, 5.41) is 14.6. The van der Waals surface area contributed by atoms with Crippen molar-refractivity contribution in [2.45, 2.75) is 71.5 Å².